The number of carbonyl (C=O) groups excluding carboxylic acids is 2. The van der Waals surface area contributed by atoms with Crippen LogP contribution >= 0.6 is 0 Å². The zero-order chi connectivity index (χ0) is 10.3. The number of nitrogens with zero attached hydrogens (tertiary/aromatic N) is 1. The van der Waals surface area contributed by atoms with Crippen molar-refractivity contribution in [1.82, 2.24) is 0 Å². The molecule has 0 radical (unpaired) electrons. The number of Topliss-reactive ketones (excluding diaryl/α,β-unsaturated/α-hetero) is 1. The minimum Gasteiger partial charge on any atom is -0.469 e. The average Bonchev–Trinajstić information content (AvgIpc) is 2.04. The lowest BCUT2D eigenvalue weighted by Crippen LogP contribution is -2.16. The highest BCUT2D eigenvalue weighted by Crippen LogP contribution is 2.00. The van der Waals surface area contributed by atoms with E-state index in [0.717, 1.165) is 0 Å². The minimum absolute atomic E-state index is 0.104. The molecule has 0 aliphatic heterocycles. The minimum atomic E-state index is -0.984. The fourth-order valence-corrected chi connectivity index (χ4v) is 0.746. The van der Waals surface area contributed by atoms with E-state index in [9.17, 15) is 9.59 Å². The number of nitriles is 1. The van der Waals surface area contributed by atoms with Crippen molar-refractivity contribution in [1.29, 1.82) is 5.26 Å². The maximum Gasteiger partial charge on any atom is 0.313 e. The number of esters is 1. The molecule has 5 heteroatoms. The van der Waals surface area contributed by atoms with Crippen LogP contribution in [0.15, 0.2) is 0 Å². The molecule has 0 heterocycles. The molecule has 1 N–H and O–H groups in total. The summed E-state index contributed by atoms with van der Waals surface area (Å²) in [5, 5.41) is 17.2. The van der Waals surface area contributed by atoms with Gasteiger partial charge in [-0.2, -0.15) is 5.26 Å². The van der Waals surface area contributed by atoms with Gasteiger partial charge in [0.2, 0.25) is 0 Å². The molecular formula is C8H11NO4. The monoisotopic (exact) mass is 185 g/mol. The van der Waals surface area contributed by atoms with E-state index in [1.54, 1.807) is 6.07 Å². The quantitative estimate of drug-likeness (QED) is 0.472. The van der Waals surface area contributed by atoms with Gasteiger partial charge in [0.1, 0.15) is 12.2 Å². The Kier molecular flexibility index (Phi) is 5.48. The lowest BCUT2D eigenvalue weighted by molar-refractivity contribution is -0.143. The Morgan fingerprint density at radius 3 is 2.69 bits per heavy atom. The second-order valence-corrected chi connectivity index (χ2v) is 2.51. The molecule has 0 amide bonds. The van der Waals surface area contributed by atoms with Crippen LogP contribution in [0.25, 0.3) is 0 Å². The Balaban J connectivity index is 3.75. The maximum atomic E-state index is 10.9. The van der Waals surface area contributed by atoms with E-state index < -0.39 is 17.9 Å². The van der Waals surface area contributed by atoms with E-state index in [1.165, 1.54) is 7.11 Å². The Hall–Kier alpha value is -1.41. The summed E-state index contributed by atoms with van der Waals surface area (Å²) in [5.41, 5.74) is 0. The molecule has 0 aromatic heterocycles. The number of ether oxygens (including phenoxy) is 1. The number of ketones is 1. The van der Waals surface area contributed by atoms with Crippen LogP contribution in [0, 0.1) is 11.3 Å². The van der Waals surface area contributed by atoms with Gasteiger partial charge >= 0.3 is 5.97 Å². The third-order valence-electron chi connectivity index (χ3n) is 1.36. The first-order chi connectivity index (χ1) is 6.10. The molecule has 0 rings (SSSR count). The van der Waals surface area contributed by atoms with Crippen molar-refractivity contribution < 1.29 is 19.4 Å². The molecule has 5 nitrogen and oxygen atoms in total. The van der Waals surface area contributed by atoms with Gasteiger partial charge in [0, 0.05) is 6.42 Å². The lowest BCUT2D eigenvalue weighted by atomic mass is 10.1. The number of hydrogen-bond donors (Lipinski definition) is 1. The van der Waals surface area contributed by atoms with Gasteiger partial charge in [-0.1, -0.05) is 0 Å². The van der Waals surface area contributed by atoms with Crippen molar-refractivity contribution in [2.45, 2.75) is 25.4 Å². The van der Waals surface area contributed by atoms with E-state index in [1.807, 2.05) is 0 Å². The Morgan fingerprint density at radius 1 is 1.62 bits per heavy atom. The predicted molar refractivity (Wildman–Crippen MR) is 42.5 cm³/mol. The SMILES string of the molecule is COC(=O)CC(=O)CC(O)CC#N. The van der Waals surface area contributed by atoms with Gasteiger partial charge < -0.3 is 9.84 Å². The van der Waals surface area contributed by atoms with Gasteiger partial charge in [-0.3, -0.25) is 9.59 Å². The summed E-state index contributed by atoms with van der Waals surface area (Å²) in [6.45, 7) is 0. The van der Waals surface area contributed by atoms with Gasteiger partial charge in [-0.25, -0.2) is 0 Å². The van der Waals surface area contributed by atoms with Crippen LogP contribution in [0.2, 0.25) is 0 Å². The van der Waals surface area contributed by atoms with E-state index in [-0.39, 0.29) is 19.3 Å². The predicted octanol–water partition coefficient (Wildman–Crippen LogP) is -0.217. The maximum absolute atomic E-state index is 10.9. The Morgan fingerprint density at radius 2 is 2.23 bits per heavy atom. The normalized spacial score (nSPS) is 11.5. The van der Waals surface area contributed by atoms with Crippen molar-refractivity contribution in [3.8, 4) is 6.07 Å². The number of hydrogen-bond acceptors (Lipinski definition) is 5. The third kappa shape index (κ3) is 5.82. The van der Waals surface area contributed by atoms with Crippen LogP contribution in [0.5, 0.6) is 0 Å². The second kappa shape index (κ2) is 6.14. The highest BCUT2D eigenvalue weighted by atomic mass is 16.5. The van der Waals surface area contributed by atoms with Crippen LogP contribution in [-0.2, 0) is 14.3 Å². The number of carbonyl (C=O) groups is 2. The zero-order valence-electron chi connectivity index (χ0n) is 7.32. The molecular weight excluding hydrogens is 174 g/mol. The molecule has 0 aliphatic rings. The van der Waals surface area contributed by atoms with Gasteiger partial charge in [-0.05, 0) is 0 Å². The van der Waals surface area contributed by atoms with Crippen molar-refractivity contribution >= 4 is 11.8 Å². The summed E-state index contributed by atoms with van der Waals surface area (Å²) in [5.74, 6) is -1.05. The van der Waals surface area contributed by atoms with Crippen molar-refractivity contribution in [2.75, 3.05) is 7.11 Å². The lowest BCUT2D eigenvalue weighted by Gasteiger charge is -2.03. The molecule has 0 saturated heterocycles. The summed E-state index contributed by atoms with van der Waals surface area (Å²) < 4.78 is 4.26. The van der Waals surface area contributed by atoms with Crippen LogP contribution in [0.3, 0.4) is 0 Å². The van der Waals surface area contributed by atoms with Crippen molar-refractivity contribution in [3.63, 3.8) is 0 Å². The fourth-order valence-electron chi connectivity index (χ4n) is 0.746. The summed E-state index contributed by atoms with van der Waals surface area (Å²) in [6, 6.07) is 1.72. The summed E-state index contributed by atoms with van der Waals surface area (Å²) in [7, 11) is 1.18. The Labute approximate surface area is 75.9 Å². The summed E-state index contributed by atoms with van der Waals surface area (Å²) in [6.07, 6.45) is -1.61. The molecule has 0 saturated carbocycles. The van der Waals surface area contributed by atoms with Crippen molar-refractivity contribution in [2.24, 2.45) is 0 Å². The standard InChI is InChI=1S/C8H11NO4/c1-13-8(12)5-7(11)4-6(10)2-3-9/h6,10H,2,4-5H2,1H3. The molecule has 0 bridgehead atoms. The van der Waals surface area contributed by atoms with E-state index in [4.69, 9.17) is 10.4 Å². The van der Waals surface area contributed by atoms with E-state index >= 15 is 0 Å². The molecule has 0 aliphatic carbocycles. The average molecular weight is 185 g/mol. The molecule has 72 valence electrons. The van der Waals surface area contributed by atoms with Crippen LogP contribution in [0.1, 0.15) is 19.3 Å². The molecule has 1 unspecified atom stereocenters. The largest absolute Gasteiger partial charge is 0.469 e. The van der Waals surface area contributed by atoms with Crippen LogP contribution < -0.4 is 0 Å². The zero-order valence-corrected chi connectivity index (χ0v) is 7.32. The van der Waals surface area contributed by atoms with Gasteiger partial charge in [-0.15, -0.1) is 0 Å². The van der Waals surface area contributed by atoms with Crippen LogP contribution in [0.4, 0.5) is 0 Å². The second-order valence-electron chi connectivity index (χ2n) is 2.51. The third-order valence-corrected chi connectivity index (χ3v) is 1.36. The van der Waals surface area contributed by atoms with Crippen LogP contribution in [-0.4, -0.2) is 30.1 Å². The number of aliphatic hydroxyl groups is 1. The van der Waals surface area contributed by atoms with Gasteiger partial charge in [0.05, 0.1) is 25.7 Å². The Bertz CT molecular complexity index is 231. The number of rotatable bonds is 5. The first-order valence-electron chi connectivity index (χ1n) is 3.73. The van der Waals surface area contributed by atoms with E-state index in [2.05, 4.69) is 4.74 Å². The first kappa shape index (κ1) is 11.6. The first-order valence-corrected chi connectivity index (χ1v) is 3.73. The molecule has 1 atom stereocenters. The molecule has 0 spiro atoms. The number of methoxy groups -OCH3 is 1. The molecule has 0 aromatic carbocycles. The van der Waals surface area contributed by atoms with Gasteiger partial charge in [0.25, 0.3) is 0 Å². The topological polar surface area (TPSA) is 87.4 Å². The molecule has 13 heavy (non-hydrogen) atoms. The smallest absolute Gasteiger partial charge is 0.313 e. The highest BCUT2D eigenvalue weighted by Gasteiger charge is 2.14. The van der Waals surface area contributed by atoms with Gasteiger partial charge in [0.15, 0.2) is 0 Å². The molecule has 0 aromatic rings. The molecule has 0 fully saturated rings. The fraction of sp³-hybridized carbons (Fsp3) is 0.625. The number of aliphatic hydroxyl groups excluding tert-OH is 1. The summed E-state index contributed by atoms with van der Waals surface area (Å²) >= 11 is 0. The van der Waals surface area contributed by atoms with Crippen molar-refractivity contribution in [3.05, 3.63) is 0 Å². The summed E-state index contributed by atoms with van der Waals surface area (Å²) in [4.78, 5) is 21.5. The highest BCUT2D eigenvalue weighted by molar-refractivity contribution is 5.95. The van der Waals surface area contributed by atoms with E-state index in [0.29, 0.717) is 0 Å².